The van der Waals surface area contributed by atoms with Crippen molar-refractivity contribution in [2.45, 2.75) is 19.1 Å². The van der Waals surface area contributed by atoms with Crippen molar-refractivity contribution in [3.05, 3.63) is 40.4 Å². The van der Waals surface area contributed by atoms with E-state index in [1.54, 1.807) is 17.4 Å². The van der Waals surface area contributed by atoms with E-state index in [0.717, 1.165) is 18.9 Å². The maximum atomic E-state index is 12.5. The van der Waals surface area contributed by atoms with Crippen molar-refractivity contribution < 1.29 is 12.9 Å². The number of nitrogens with zero attached hydrogens (tertiary/aromatic N) is 4. The van der Waals surface area contributed by atoms with Gasteiger partial charge in [0.1, 0.15) is 12.0 Å². The largest absolute Gasteiger partial charge is 0.364 e. The molecule has 1 aliphatic rings. The fourth-order valence-electron chi connectivity index (χ4n) is 2.92. The topological polar surface area (TPSA) is 91.0 Å². The van der Waals surface area contributed by atoms with E-state index in [1.165, 1.54) is 16.1 Å². The second-order valence-corrected chi connectivity index (χ2v) is 9.00. The fourth-order valence-corrected chi connectivity index (χ4v) is 5.05. The minimum absolute atomic E-state index is 0.127. The van der Waals surface area contributed by atoms with E-state index in [4.69, 9.17) is 9.52 Å². The third kappa shape index (κ3) is 5.53. The molecule has 1 saturated heterocycles. The normalized spacial score (nSPS) is 16.6. The number of piperazine rings is 1. The number of nitrogens with one attached hydrogen (secondary N) is 1. The molecule has 148 valence electrons. The van der Waals surface area contributed by atoms with Crippen LogP contribution in [0.25, 0.3) is 0 Å². The Morgan fingerprint density at radius 2 is 2.15 bits per heavy atom. The summed E-state index contributed by atoms with van der Waals surface area (Å²) in [4.78, 5) is 6.83. The number of aromatic nitrogens is 1. The Kier molecular flexibility index (Phi) is 6.86. The molecular formula is C17H25N5O3S2. The molecule has 1 N–H and O–H groups in total. The molecule has 10 heteroatoms. The Labute approximate surface area is 163 Å². The highest BCUT2D eigenvalue weighted by atomic mass is 32.2. The van der Waals surface area contributed by atoms with Crippen molar-refractivity contribution >= 4 is 27.3 Å². The molecule has 0 unspecified atom stereocenters. The minimum atomic E-state index is -3.39. The minimum Gasteiger partial charge on any atom is -0.364 e. The number of hydrogen-bond acceptors (Lipinski definition) is 6. The molecule has 3 heterocycles. The highest BCUT2D eigenvalue weighted by Crippen LogP contribution is 2.13. The van der Waals surface area contributed by atoms with Gasteiger partial charge in [0.2, 0.25) is 10.0 Å². The van der Waals surface area contributed by atoms with Gasteiger partial charge in [-0.1, -0.05) is 5.16 Å². The van der Waals surface area contributed by atoms with E-state index in [9.17, 15) is 8.42 Å². The second-order valence-electron chi connectivity index (χ2n) is 6.25. The molecule has 8 nitrogen and oxygen atoms in total. The number of rotatable bonds is 7. The van der Waals surface area contributed by atoms with Gasteiger partial charge in [-0.3, -0.25) is 4.99 Å². The maximum Gasteiger partial charge on any atom is 0.220 e. The van der Waals surface area contributed by atoms with Gasteiger partial charge in [0, 0.05) is 45.3 Å². The van der Waals surface area contributed by atoms with Gasteiger partial charge < -0.3 is 14.7 Å². The number of guanidine groups is 1. The summed E-state index contributed by atoms with van der Waals surface area (Å²) in [5.41, 5.74) is 1.73. The zero-order chi connectivity index (χ0) is 19.1. The Hall–Kier alpha value is -1.91. The van der Waals surface area contributed by atoms with E-state index in [2.05, 4.69) is 32.2 Å². The molecule has 0 radical (unpaired) electrons. The lowest BCUT2D eigenvalue weighted by molar-refractivity contribution is 0.260. The van der Waals surface area contributed by atoms with Gasteiger partial charge in [-0.25, -0.2) is 8.42 Å². The van der Waals surface area contributed by atoms with Crippen molar-refractivity contribution in [2.24, 2.45) is 4.99 Å². The highest BCUT2D eigenvalue weighted by Gasteiger charge is 2.28. The van der Waals surface area contributed by atoms with Crippen LogP contribution >= 0.6 is 11.3 Å². The van der Waals surface area contributed by atoms with Gasteiger partial charge in [0.25, 0.3) is 0 Å². The van der Waals surface area contributed by atoms with Crippen molar-refractivity contribution in [2.75, 3.05) is 39.3 Å². The van der Waals surface area contributed by atoms with Crippen LogP contribution in [0.1, 0.15) is 18.2 Å². The first-order valence-corrected chi connectivity index (χ1v) is 11.5. The lowest BCUT2D eigenvalue weighted by Gasteiger charge is -2.35. The van der Waals surface area contributed by atoms with Crippen LogP contribution < -0.4 is 5.32 Å². The van der Waals surface area contributed by atoms with Crippen molar-refractivity contribution in [1.82, 2.24) is 19.7 Å². The zero-order valence-electron chi connectivity index (χ0n) is 15.4. The Bertz CT molecular complexity index is 811. The summed E-state index contributed by atoms with van der Waals surface area (Å²) in [5, 5.41) is 11.2. The second kappa shape index (κ2) is 9.34. The van der Waals surface area contributed by atoms with E-state index < -0.39 is 10.0 Å². The summed E-state index contributed by atoms with van der Waals surface area (Å²) in [6, 6.07) is 3.70. The molecular weight excluding hydrogens is 386 g/mol. The predicted molar refractivity (Wildman–Crippen MR) is 106 cm³/mol. The van der Waals surface area contributed by atoms with Crippen LogP contribution in [0, 0.1) is 0 Å². The number of hydrogen-bond donors (Lipinski definition) is 1. The first-order valence-electron chi connectivity index (χ1n) is 9.00. The van der Waals surface area contributed by atoms with Crippen LogP contribution in [-0.4, -0.2) is 68.0 Å². The van der Waals surface area contributed by atoms with Gasteiger partial charge in [-0.15, -0.1) is 0 Å². The highest BCUT2D eigenvalue weighted by molar-refractivity contribution is 7.88. The van der Waals surface area contributed by atoms with Crippen molar-refractivity contribution in [3.63, 3.8) is 0 Å². The Balaban J connectivity index is 1.55. The van der Waals surface area contributed by atoms with Crippen LogP contribution in [0.15, 0.2) is 38.7 Å². The molecule has 3 rings (SSSR count). The number of sulfonamides is 1. The van der Waals surface area contributed by atoms with Gasteiger partial charge >= 0.3 is 0 Å². The van der Waals surface area contributed by atoms with Gasteiger partial charge in [-0.2, -0.15) is 15.6 Å². The Morgan fingerprint density at radius 1 is 1.33 bits per heavy atom. The molecule has 0 bridgehead atoms. The summed E-state index contributed by atoms with van der Waals surface area (Å²) in [7, 11) is -3.39. The molecule has 1 fully saturated rings. The zero-order valence-corrected chi connectivity index (χ0v) is 17.0. The lowest BCUT2D eigenvalue weighted by Crippen LogP contribution is -2.54. The van der Waals surface area contributed by atoms with Crippen LogP contribution in [0.3, 0.4) is 0 Å². The SMILES string of the molecule is CCNC(=NCCc1ccsc1)N1CCN(S(=O)(=O)Cc2ccon2)CC1. The first kappa shape index (κ1) is 19.8. The van der Waals surface area contributed by atoms with E-state index in [1.807, 2.05) is 6.92 Å². The molecule has 2 aromatic heterocycles. The third-order valence-electron chi connectivity index (χ3n) is 4.33. The van der Waals surface area contributed by atoms with Gasteiger partial charge in [-0.05, 0) is 35.7 Å². The third-order valence-corrected chi connectivity index (χ3v) is 6.87. The summed E-state index contributed by atoms with van der Waals surface area (Å²) < 4.78 is 31.3. The molecule has 0 aromatic carbocycles. The van der Waals surface area contributed by atoms with Gasteiger partial charge in [0.15, 0.2) is 5.96 Å². The average molecular weight is 412 g/mol. The summed E-state index contributed by atoms with van der Waals surface area (Å²) in [6.07, 6.45) is 2.29. The molecule has 0 atom stereocenters. The molecule has 0 spiro atoms. The average Bonchev–Trinajstić information content (AvgIpc) is 3.35. The fraction of sp³-hybridized carbons (Fsp3) is 0.529. The van der Waals surface area contributed by atoms with Gasteiger partial charge in [0.05, 0.1) is 5.69 Å². The van der Waals surface area contributed by atoms with Crippen LogP contribution in [0.5, 0.6) is 0 Å². The predicted octanol–water partition coefficient (Wildman–Crippen LogP) is 1.39. The monoisotopic (exact) mass is 411 g/mol. The smallest absolute Gasteiger partial charge is 0.220 e. The molecule has 0 saturated carbocycles. The molecule has 1 aliphatic heterocycles. The van der Waals surface area contributed by atoms with E-state index in [-0.39, 0.29) is 5.75 Å². The molecule has 2 aromatic rings. The quantitative estimate of drug-likeness (QED) is 0.547. The number of aliphatic imine (C=N–C) groups is 1. The Morgan fingerprint density at radius 3 is 2.78 bits per heavy atom. The van der Waals surface area contributed by atoms with Crippen molar-refractivity contribution in [3.8, 4) is 0 Å². The standard InChI is InChI=1S/C17H25N5O3S2/c1-2-18-17(19-6-3-15-5-12-26-13-15)21-7-9-22(10-8-21)27(23,24)14-16-4-11-25-20-16/h4-5,11-13H,2-3,6-10,14H2,1H3,(H,18,19). The summed E-state index contributed by atoms with van der Waals surface area (Å²) in [6.45, 7) is 5.63. The van der Waals surface area contributed by atoms with Crippen LogP contribution in [0.2, 0.25) is 0 Å². The molecule has 0 amide bonds. The van der Waals surface area contributed by atoms with E-state index >= 15 is 0 Å². The lowest BCUT2D eigenvalue weighted by atomic mass is 10.2. The van der Waals surface area contributed by atoms with Crippen molar-refractivity contribution in [1.29, 1.82) is 0 Å². The number of thiophene rings is 1. The van der Waals surface area contributed by atoms with Crippen LogP contribution in [-0.2, 0) is 22.2 Å². The van der Waals surface area contributed by atoms with Crippen LogP contribution in [0.4, 0.5) is 0 Å². The summed E-state index contributed by atoms with van der Waals surface area (Å²) in [5.74, 6) is 0.722. The first-order chi connectivity index (χ1) is 13.1. The maximum absolute atomic E-state index is 12.5. The van der Waals surface area contributed by atoms with E-state index in [0.29, 0.717) is 38.4 Å². The summed E-state index contributed by atoms with van der Waals surface area (Å²) >= 11 is 1.69. The molecule has 27 heavy (non-hydrogen) atoms. The molecule has 0 aliphatic carbocycles.